The molecule has 0 aromatic rings. The smallest absolute Gasteiger partial charge is 0.0360 e. The Morgan fingerprint density at radius 2 is 1.82 bits per heavy atom. The van der Waals surface area contributed by atoms with E-state index in [1.54, 1.807) is 0 Å². The maximum absolute atomic E-state index is 6.20. The molecule has 0 radical (unpaired) electrons. The first-order chi connectivity index (χ1) is 8.24. The molecule has 0 bridgehead atoms. The van der Waals surface area contributed by atoms with Gasteiger partial charge in [0.25, 0.3) is 0 Å². The Morgan fingerprint density at radius 1 is 1.12 bits per heavy atom. The van der Waals surface area contributed by atoms with E-state index in [2.05, 4.69) is 18.7 Å². The highest BCUT2D eigenvalue weighted by Crippen LogP contribution is 2.42. The number of nitrogens with two attached hydrogens (primary N) is 1. The van der Waals surface area contributed by atoms with Crippen molar-refractivity contribution in [3.05, 3.63) is 0 Å². The van der Waals surface area contributed by atoms with Crippen molar-refractivity contribution < 1.29 is 0 Å². The molecule has 2 unspecified atom stereocenters. The molecule has 0 heterocycles. The molecule has 2 atom stereocenters. The molecule has 2 N–H and O–H groups in total. The second-order valence-corrected chi connectivity index (χ2v) is 6.18. The van der Waals surface area contributed by atoms with E-state index in [4.69, 9.17) is 5.73 Å². The van der Waals surface area contributed by atoms with Crippen molar-refractivity contribution in [2.24, 2.45) is 11.7 Å². The van der Waals surface area contributed by atoms with Crippen LogP contribution in [0.4, 0.5) is 0 Å². The third kappa shape index (κ3) is 2.39. The van der Waals surface area contributed by atoms with E-state index >= 15 is 0 Å². The number of nitrogens with zero attached hydrogens (tertiary/aromatic N) is 1. The Balaban J connectivity index is 2.14. The van der Waals surface area contributed by atoms with Gasteiger partial charge < -0.3 is 5.73 Å². The predicted molar refractivity (Wildman–Crippen MR) is 74.1 cm³/mol. The quantitative estimate of drug-likeness (QED) is 0.815. The van der Waals surface area contributed by atoms with Crippen LogP contribution in [-0.4, -0.2) is 29.6 Å². The molecule has 2 fully saturated rings. The van der Waals surface area contributed by atoms with Crippen molar-refractivity contribution in [1.29, 1.82) is 0 Å². The fourth-order valence-electron chi connectivity index (χ4n) is 4.41. The molecular formula is C15H30N2. The second kappa shape index (κ2) is 5.71. The van der Waals surface area contributed by atoms with Crippen molar-refractivity contribution in [1.82, 2.24) is 4.90 Å². The zero-order valence-electron chi connectivity index (χ0n) is 11.8. The third-order valence-electron chi connectivity index (χ3n) is 5.45. The van der Waals surface area contributed by atoms with Crippen LogP contribution in [0.2, 0.25) is 0 Å². The summed E-state index contributed by atoms with van der Waals surface area (Å²) in [6.45, 7) is 6.80. The molecular weight excluding hydrogens is 208 g/mol. The molecule has 17 heavy (non-hydrogen) atoms. The standard InChI is InChI=1S/C15H30N2/c1-3-17(14-9-5-4-6-10-14)15(12-16)11-7-8-13(15)2/h13-14H,3-12,16H2,1-2H3. The number of hydrogen-bond donors (Lipinski definition) is 1. The van der Waals surface area contributed by atoms with E-state index in [9.17, 15) is 0 Å². The van der Waals surface area contributed by atoms with E-state index in [1.165, 1.54) is 57.9 Å². The van der Waals surface area contributed by atoms with Gasteiger partial charge in [-0.25, -0.2) is 0 Å². The van der Waals surface area contributed by atoms with Gasteiger partial charge in [0.2, 0.25) is 0 Å². The van der Waals surface area contributed by atoms with Crippen LogP contribution < -0.4 is 5.73 Å². The van der Waals surface area contributed by atoms with E-state index in [0.29, 0.717) is 5.54 Å². The van der Waals surface area contributed by atoms with Crippen LogP contribution in [0.3, 0.4) is 0 Å². The first-order valence-electron chi connectivity index (χ1n) is 7.71. The van der Waals surface area contributed by atoms with Gasteiger partial charge in [-0.2, -0.15) is 0 Å². The number of hydrogen-bond acceptors (Lipinski definition) is 2. The molecule has 2 saturated carbocycles. The maximum atomic E-state index is 6.20. The molecule has 0 spiro atoms. The summed E-state index contributed by atoms with van der Waals surface area (Å²) >= 11 is 0. The minimum absolute atomic E-state index is 0.330. The van der Waals surface area contributed by atoms with Gasteiger partial charge in [-0.15, -0.1) is 0 Å². The first kappa shape index (κ1) is 13.4. The highest BCUT2D eigenvalue weighted by Gasteiger charge is 2.45. The minimum atomic E-state index is 0.330. The molecule has 0 amide bonds. The molecule has 0 aromatic heterocycles. The summed E-state index contributed by atoms with van der Waals surface area (Å²) in [5, 5.41) is 0. The molecule has 0 aliphatic heterocycles. The van der Waals surface area contributed by atoms with Crippen molar-refractivity contribution in [3.63, 3.8) is 0 Å². The van der Waals surface area contributed by atoms with Gasteiger partial charge in [0.05, 0.1) is 0 Å². The Morgan fingerprint density at radius 3 is 2.29 bits per heavy atom. The lowest BCUT2D eigenvalue weighted by atomic mass is 9.82. The molecule has 2 nitrogen and oxygen atoms in total. The van der Waals surface area contributed by atoms with E-state index in [0.717, 1.165) is 18.5 Å². The number of likely N-dealkylation sites (N-methyl/N-ethyl adjacent to an activating group) is 1. The zero-order chi connectivity index (χ0) is 12.3. The van der Waals surface area contributed by atoms with Crippen LogP contribution in [0.15, 0.2) is 0 Å². The maximum Gasteiger partial charge on any atom is 0.0360 e. The first-order valence-corrected chi connectivity index (χ1v) is 7.71. The second-order valence-electron chi connectivity index (χ2n) is 6.18. The fraction of sp³-hybridized carbons (Fsp3) is 1.00. The topological polar surface area (TPSA) is 29.3 Å². The molecule has 100 valence electrons. The minimum Gasteiger partial charge on any atom is -0.329 e. The summed E-state index contributed by atoms with van der Waals surface area (Å²) < 4.78 is 0. The fourth-order valence-corrected chi connectivity index (χ4v) is 4.41. The van der Waals surface area contributed by atoms with Crippen molar-refractivity contribution >= 4 is 0 Å². The van der Waals surface area contributed by atoms with E-state index < -0.39 is 0 Å². The van der Waals surface area contributed by atoms with Crippen molar-refractivity contribution in [3.8, 4) is 0 Å². The van der Waals surface area contributed by atoms with Crippen LogP contribution in [0.1, 0.15) is 65.2 Å². The summed E-state index contributed by atoms with van der Waals surface area (Å²) in [5.74, 6) is 0.786. The van der Waals surface area contributed by atoms with Crippen LogP contribution in [0, 0.1) is 5.92 Å². The molecule has 0 saturated heterocycles. The Kier molecular flexibility index (Phi) is 4.48. The summed E-state index contributed by atoms with van der Waals surface area (Å²) in [5.41, 5.74) is 6.53. The lowest BCUT2D eigenvalue weighted by Crippen LogP contribution is -2.59. The van der Waals surface area contributed by atoms with Crippen LogP contribution in [0.25, 0.3) is 0 Å². The largest absolute Gasteiger partial charge is 0.329 e. The van der Waals surface area contributed by atoms with Crippen LogP contribution in [0.5, 0.6) is 0 Å². The molecule has 0 aromatic carbocycles. The summed E-state index contributed by atoms with van der Waals surface area (Å²) in [7, 11) is 0. The Labute approximate surface area is 107 Å². The van der Waals surface area contributed by atoms with Crippen molar-refractivity contribution in [2.75, 3.05) is 13.1 Å². The third-order valence-corrected chi connectivity index (χ3v) is 5.45. The SMILES string of the molecule is CCN(C1CCCCC1)C1(CN)CCCC1C. The zero-order valence-corrected chi connectivity index (χ0v) is 11.8. The van der Waals surface area contributed by atoms with Gasteiger partial charge in [-0.3, -0.25) is 4.90 Å². The van der Waals surface area contributed by atoms with Crippen LogP contribution >= 0.6 is 0 Å². The molecule has 2 aliphatic carbocycles. The molecule has 2 rings (SSSR count). The molecule has 2 aliphatic rings. The normalized spacial score (nSPS) is 35.6. The number of rotatable bonds is 4. The monoisotopic (exact) mass is 238 g/mol. The van der Waals surface area contributed by atoms with Gasteiger partial charge in [-0.1, -0.05) is 39.5 Å². The lowest BCUT2D eigenvalue weighted by Gasteiger charge is -2.49. The van der Waals surface area contributed by atoms with Gasteiger partial charge in [-0.05, 0) is 38.1 Å². The van der Waals surface area contributed by atoms with Gasteiger partial charge in [0.1, 0.15) is 0 Å². The van der Waals surface area contributed by atoms with Gasteiger partial charge in [0.15, 0.2) is 0 Å². The van der Waals surface area contributed by atoms with E-state index in [-0.39, 0.29) is 0 Å². The Hall–Kier alpha value is -0.0800. The highest BCUT2D eigenvalue weighted by atomic mass is 15.2. The Bertz CT molecular complexity index is 235. The summed E-state index contributed by atoms with van der Waals surface area (Å²) in [4.78, 5) is 2.80. The average Bonchev–Trinajstić information content (AvgIpc) is 2.74. The van der Waals surface area contributed by atoms with E-state index in [1.807, 2.05) is 0 Å². The summed E-state index contributed by atoms with van der Waals surface area (Å²) in [6.07, 6.45) is 11.2. The van der Waals surface area contributed by atoms with Gasteiger partial charge >= 0.3 is 0 Å². The lowest BCUT2D eigenvalue weighted by molar-refractivity contribution is 0.0130. The van der Waals surface area contributed by atoms with Gasteiger partial charge in [0, 0.05) is 18.1 Å². The molecule has 2 heteroatoms. The van der Waals surface area contributed by atoms with Crippen LogP contribution in [-0.2, 0) is 0 Å². The van der Waals surface area contributed by atoms with Crippen molar-refractivity contribution in [2.45, 2.75) is 76.8 Å². The summed E-state index contributed by atoms with van der Waals surface area (Å²) in [6, 6.07) is 0.817. The highest BCUT2D eigenvalue weighted by molar-refractivity contribution is 5.02. The predicted octanol–water partition coefficient (Wildman–Crippen LogP) is 3.16. The average molecular weight is 238 g/mol.